The van der Waals surface area contributed by atoms with E-state index in [2.05, 4.69) is 16.3 Å². The van der Waals surface area contributed by atoms with Crippen molar-refractivity contribution in [2.75, 3.05) is 56.0 Å². The Kier molecular flexibility index (Phi) is 7.02. The van der Waals surface area contributed by atoms with Gasteiger partial charge in [-0.15, -0.1) is 0 Å². The van der Waals surface area contributed by atoms with E-state index < -0.39 is 0 Å². The topological polar surface area (TPSA) is 99.9 Å². The summed E-state index contributed by atoms with van der Waals surface area (Å²) in [7, 11) is 0. The average Bonchev–Trinajstić information content (AvgIpc) is 3.30. The number of halogens is 1. The lowest BCUT2D eigenvalue weighted by Gasteiger charge is -2.36. The van der Waals surface area contributed by atoms with Gasteiger partial charge in [-0.3, -0.25) is 14.5 Å². The summed E-state index contributed by atoms with van der Waals surface area (Å²) in [4.78, 5) is 31.5. The molecule has 4 rings (SSSR count). The summed E-state index contributed by atoms with van der Waals surface area (Å²) in [6.07, 6.45) is 0.692. The zero-order valence-corrected chi connectivity index (χ0v) is 19.0. The van der Waals surface area contributed by atoms with Gasteiger partial charge in [0.25, 0.3) is 0 Å². The second-order valence-corrected chi connectivity index (χ2v) is 8.81. The Hall–Kier alpha value is -3.28. The van der Waals surface area contributed by atoms with Crippen molar-refractivity contribution in [1.29, 1.82) is 5.26 Å². The van der Waals surface area contributed by atoms with E-state index in [4.69, 9.17) is 16.9 Å². The summed E-state index contributed by atoms with van der Waals surface area (Å²) in [5, 5.41) is 21.5. The molecule has 0 aromatic heterocycles. The molecule has 0 saturated carbocycles. The Labute approximate surface area is 197 Å². The number of aromatic hydroxyl groups is 1. The third kappa shape index (κ3) is 5.56. The Morgan fingerprint density at radius 3 is 2.48 bits per heavy atom. The number of amides is 2. The number of anilines is 2. The zero-order chi connectivity index (χ0) is 23.4. The lowest BCUT2D eigenvalue weighted by molar-refractivity contribution is -0.132. The molecule has 2 aromatic rings. The lowest BCUT2D eigenvalue weighted by atomic mass is 10.1. The predicted molar refractivity (Wildman–Crippen MR) is 126 cm³/mol. The molecule has 2 saturated heterocycles. The SMILES string of the molecule is N#Cc1ccc(N2CCN(C(=O)CN3CC[C@@H](C(=O)Nc4ccc(O)c(Cl)c4)C3)CC2)cc1. The quantitative estimate of drug-likeness (QED) is 0.655. The van der Waals surface area contributed by atoms with Crippen LogP contribution in [0.25, 0.3) is 0 Å². The highest BCUT2D eigenvalue weighted by molar-refractivity contribution is 6.32. The first-order valence-corrected chi connectivity index (χ1v) is 11.4. The summed E-state index contributed by atoms with van der Waals surface area (Å²) in [5.41, 5.74) is 2.24. The summed E-state index contributed by atoms with van der Waals surface area (Å²) in [6, 6.07) is 14.2. The third-order valence-corrected chi connectivity index (χ3v) is 6.51. The second kappa shape index (κ2) is 10.1. The van der Waals surface area contributed by atoms with Gasteiger partial charge in [-0.25, -0.2) is 0 Å². The molecule has 172 valence electrons. The van der Waals surface area contributed by atoms with E-state index in [-0.39, 0.29) is 28.5 Å². The van der Waals surface area contributed by atoms with Crippen LogP contribution in [0.3, 0.4) is 0 Å². The molecular weight excluding hydrogens is 442 g/mol. The number of hydrogen-bond acceptors (Lipinski definition) is 6. The van der Waals surface area contributed by atoms with Crippen LogP contribution in [0.4, 0.5) is 11.4 Å². The molecule has 2 aromatic carbocycles. The maximum absolute atomic E-state index is 12.8. The molecule has 0 radical (unpaired) electrons. The van der Waals surface area contributed by atoms with Crippen LogP contribution in [0, 0.1) is 17.2 Å². The molecule has 2 aliphatic heterocycles. The average molecular weight is 468 g/mol. The van der Waals surface area contributed by atoms with Crippen molar-refractivity contribution in [3.05, 3.63) is 53.1 Å². The van der Waals surface area contributed by atoms with Gasteiger partial charge in [0.2, 0.25) is 11.8 Å². The number of nitrogens with one attached hydrogen (secondary N) is 1. The minimum absolute atomic E-state index is 0.0297. The van der Waals surface area contributed by atoms with Gasteiger partial charge in [0.05, 0.1) is 29.1 Å². The van der Waals surface area contributed by atoms with Crippen LogP contribution >= 0.6 is 11.6 Å². The number of carbonyl (C=O) groups is 2. The molecule has 0 bridgehead atoms. The minimum Gasteiger partial charge on any atom is -0.506 e. The Morgan fingerprint density at radius 1 is 1.09 bits per heavy atom. The van der Waals surface area contributed by atoms with E-state index in [1.165, 1.54) is 12.1 Å². The number of benzene rings is 2. The number of carbonyl (C=O) groups excluding carboxylic acids is 2. The van der Waals surface area contributed by atoms with Gasteiger partial charge < -0.3 is 20.2 Å². The predicted octanol–water partition coefficient (Wildman–Crippen LogP) is 2.53. The van der Waals surface area contributed by atoms with Crippen molar-refractivity contribution < 1.29 is 14.7 Å². The van der Waals surface area contributed by atoms with Gasteiger partial charge in [0, 0.05) is 44.1 Å². The Bertz CT molecular complexity index is 1060. The van der Waals surface area contributed by atoms with Gasteiger partial charge in [-0.2, -0.15) is 5.26 Å². The van der Waals surface area contributed by atoms with Crippen LogP contribution in [-0.4, -0.2) is 72.5 Å². The normalized spacial score (nSPS) is 18.7. The number of likely N-dealkylation sites (tertiary alicyclic amines) is 1. The van der Waals surface area contributed by atoms with Crippen LogP contribution < -0.4 is 10.2 Å². The Morgan fingerprint density at radius 2 is 1.82 bits per heavy atom. The summed E-state index contributed by atoms with van der Waals surface area (Å²) in [6.45, 7) is 4.35. The number of rotatable bonds is 5. The van der Waals surface area contributed by atoms with Gasteiger partial charge in [0.15, 0.2) is 0 Å². The van der Waals surface area contributed by atoms with Gasteiger partial charge in [-0.1, -0.05) is 11.6 Å². The molecule has 33 heavy (non-hydrogen) atoms. The molecule has 8 nitrogen and oxygen atoms in total. The van der Waals surface area contributed by atoms with Crippen molar-refractivity contribution in [1.82, 2.24) is 9.80 Å². The highest BCUT2D eigenvalue weighted by atomic mass is 35.5. The van der Waals surface area contributed by atoms with E-state index >= 15 is 0 Å². The van der Waals surface area contributed by atoms with E-state index in [1.54, 1.807) is 6.07 Å². The highest BCUT2D eigenvalue weighted by Gasteiger charge is 2.31. The smallest absolute Gasteiger partial charge is 0.236 e. The van der Waals surface area contributed by atoms with Crippen LogP contribution in [0.15, 0.2) is 42.5 Å². The maximum Gasteiger partial charge on any atom is 0.236 e. The molecule has 2 fully saturated rings. The van der Waals surface area contributed by atoms with Crippen molar-refractivity contribution in [3.63, 3.8) is 0 Å². The lowest BCUT2D eigenvalue weighted by Crippen LogP contribution is -2.51. The first kappa shape index (κ1) is 22.9. The fourth-order valence-electron chi connectivity index (χ4n) is 4.27. The largest absolute Gasteiger partial charge is 0.506 e. The van der Waals surface area contributed by atoms with Gasteiger partial charge in [0.1, 0.15) is 5.75 Å². The molecule has 2 amide bonds. The molecular formula is C24H26ClN5O3. The Balaban J connectivity index is 1.23. The molecule has 0 unspecified atom stereocenters. The van der Waals surface area contributed by atoms with Crippen LogP contribution in [0.2, 0.25) is 5.02 Å². The van der Waals surface area contributed by atoms with Crippen molar-refractivity contribution in [2.45, 2.75) is 6.42 Å². The number of nitriles is 1. The maximum atomic E-state index is 12.8. The monoisotopic (exact) mass is 467 g/mol. The molecule has 1 atom stereocenters. The van der Waals surface area contributed by atoms with Crippen LogP contribution in [-0.2, 0) is 9.59 Å². The van der Waals surface area contributed by atoms with E-state index in [0.29, 0.717) is 50.4 Å². The summed E-state index contributed by atoms with van der Waals surface area (Å²) < 4.78 is 0. The van der Waals surface area contributed by atoms with E-state index in [1.807, 2.05) is 34.1 Å². The summed E-state index contributed by atoms with van der Waals surface area (Å²) in [5.74, 6) is -0.250. The third-order valence-electron chi connectivity index (χ3n) is 6.21. The number of phenols is 1. The number of hydrogen-bond donors (Lipinski definition) is 2. The molecule has 0 spiro atoms. The van der Waals surface area contributed by atoms with Crippen LogP contribution in [0.1, 0.15) is 12.0 Å². The van der Waals surface area contributed by atoms with Gasteiger partial charge >= 0.3 is 0 Å². The van der Waals surface area contributed by atoms with E-state index in [0.717, 1.165) is 18.8 Å². The number of phenolic OH excluding ortho intramolecular Hbond substituents is 1. The van der Waals surface area contributed by atoms with Crippen LogP contribution in [0.5, 0.6) is 5.75 Å². The minimum atomic E-state index is -0.196. The van der Waals surface area contributed by atoms with Crippen molar-refractivity contribution in [2.24, 2.45) is 5.92 Å². The van der Waals surface area contributed by atoms with Gasteiger partial charge in [-0.05, 0) is 55.4 Å². The first-order valence-electron chi connectivity index (χ1n) is 11.0. The zero-order valence-electron chi connectivity index (χ0n) is 18.2. The second-order valence-electron chi connectivity index (χ2n) is 8.40. The molecule has 2 N–H and O–H groups in total. The number of nitrogens with zero attached hydrogens (tertiary/aromatic N) is 4. The van der Waals surface area contributed by atoms with E-state index in [9.17, 15) is 14.7 Å². The number of piperazine rings is 1. The summed E-state index contributed by atoms with van der Waals surface area (Å²) >= 11 is 5.90. The van der Waals surface area contributed by atoms with Crippen molar-refractivity contribution >= 4 is 34.8 Å². The molecule has 0 aliphatic carbocycles. The fourth-order valence-corrected chi connectivity index (χ4v) is 4.45. The molecule has 2 aliphatic rings. The highest BCUT2D eigenvalue weighted by Crippen LogP contribution is 2.27. The van der Waals surface area contributed by atoms with Crippen molar-refractivity contribution in [3.8, 4) is 11.8 Å². The fraction of sp³-hybridized carbons (Fsp3) is 0.375. The molecule has 9 heteroatoms. The standard InChI is InChI=1S/C24H26ClN5O3/c25-21-13-19(3-6-22(21)31)27-24(33)18-7-8-28(15-18)16-23(32)30-11-9-29(10-12-30)20-4-1-17(14-26)2-5-20/h1-6,13,18,31H,7-12,15-16H2,(H,27,33)/t18-/m1/s1. The first-order chi connectivity index (χ1) is 15.9. The molecule has 2 heterocycles.